The fourth-order valence-electron chi connectivity index (χ4n) is 4.60. The molecule has 8 nitrogen and oxygen atoms in total. The van der Waals surface area contributed by atoms with E-state index in [-0.39, 0.29) is 36.1 Å². The molecule has 2 heterocycles. The summed E-state index contributed by atoms with van der Waals surface area (Å²) in [7, 11) is 0. The van der Waals surface area contributed by atoms with Gasteiger partial charge in [0.25, 0.3) is 5.69 Å². The molecular formula is C30H40N5O3+. The van der Waals surface area contributed by atoms with Crippen LogP contribution in [0.5, 0.6) is 0 Å². The number of benzene rings is 2. The van der Waals surface area contributed by atoms with Gasteiger partial charge in [0.15, 0.2) is 0 Å². The van der Waals surface area contributed by atoms with Gasteiger partial charge in [-0.1, -0.05) is 56.3 Å². The van der Waals surface area contributed by atoms with Crippen molar-refractivity contribution >= 4 is 17.5 Å². The van der Waals surface area contributed by atoms with E-state index < -0.39 is 0 Å². The summed E-state index contributed by atoms with van der Waals surface area (Å²) in [5, 5.41) is 10.7. The van der Waals surface area contributed by atoms with E-state index in [0.717, 1.165) is 40.2 Å². The minimum absolute atomic E-state index is 0.0909. The lowest BCUT2D eigenvalue weighted by atomic mass is 9.93. The highest BCUT2D eigenvalue weighted by molar-refractivity contribution is 6.00. The number of hydrogen-bond acceptors (Lipinski definition) is 4. The lowest BCUT2D eigenvalue weighted by Gasteiger charge is -2.27. The van der Waals surface area contributed by atoms with Crippen molar-refractivity contribution in [1.29, 1.82) is 0 Å². The van der Waals surface area contributed by atoms with E-state index in [2.05, 4.69) is 50.2 Å². The van der Waals surface area contributed by atoms with Crippen LogP contribution in [0.4, 0.5) is 5.69 Å². The quantitative estimate of drug-likeness (QED) is 0.314. The van der Waals surface area contributed by atoms with Gasteiger partial charge in [-0.3, -0.25) is 9.59 Å². The van der Waals surface area contributed by atoms with Crippen LogP contribution in [0.3, 0.4) is 0 Å². The van der Waals surface area contributed by atoms with E-state index in [4.69, 9.17) is 4.74 Å². The molecular weight excluding hydrogens is 478 g/mol. The number of carbonyl (C=O) groups is 2. The molecule has 38 heavy (non-hydrogen) atoms. The molecule has 3 aromatic rings. The van der Waals surface area contributed by atoms with Crippen molar-refractivity contribution in [2.75, 3.05) is 24.7 Å². The summed E-state index contributed by atoms with van der Waals surface area (Å²) in [5.41, 5.74) is 5.80. The van der Waals surface area contributed by atoms with Gasteiger partial charge in [0, 0.05) is 36.7 Å². The predicted octanol–water partition coefficient (Wildman–Crippen LogP) is 4.81. The number of H-pyrrole nitrogens is 1. The molecule has 0 aliphatic carbocycles. The van der Waals surface area contributed by atoms with Crippen molar-refractivity contribution in [3.05, 3.63) is 54.1 Å². The number of fused-ring (bicyclic) bond motifs is 5. The second-order valence-electron chi connectivity index (χ2n) is 11.3. The van der Waals surface area contributed by atoms with Crippen LogP contribution in [0.2, 0.25) is 0 Å². The standard InChI is InChI=1S/C30H39N5O3/c1-21(2)35-29-24-12-8-9-13-25(24)34(20-22-10-6-7-11-23(22)28(29)32-33-35)27(37)15-14-26(36)31-17-19-38-18-16-30(3,4)5/h6-13,21H,14-20H2,1-5H3,(H,31,36)/p+1. The monoisotopic (exact) mass is 518 g/mol. The number of aromatic amines is 1. The van der Waals surface area contributed by atoms with Crippen molar-refractivity contribution in [3.63, 3.8) is 0 Å². The Morgan fingerprint density at radius 3 is 2.50 bits per heavy atom. The first-order valence-corrected chi connectivity index (χ1v) is 13.5. The molecule has 2 N–H and O–H groups in total. The van der Waals surface area contributed by atoms with Crippen molar-refractivity contribution in [2.45, 2.75) is 66.5 Å². The normalized spacial score (nSPS) is 12.8. The van der Waals surface area contributed by atoms with Crippen LogP contribution < -0.4 is 14.9 Å². The second kappa shape index (κ2) is 11.9. The zero-order valence-electron chi connectivity index (χ0n) is 23.2. The fourth-order valence-corrected chi connectivity index (χ4v) is 4.60. The summed E-state index contributed by atoms with van der Waals surface area (Å²) in [6.07, 6.45) is 1.22. The van der Waals surface area contributed by atoms with Crippen molar-refractivity contribution in [3.8, 4) is 22.5 Å². The molecule has 0 atom stereocenters. The summed E-state index contributed by atoms with van der Waals surface area (Å²) < 4.78 is 7.67. The van der Waals surface area contributed by atoms with E-state index >= 15 is 0 Å². The minimum Gasteiger partial charge on any atom is -0.380 e. The van der Waals surface area contributed by atoms with Crippen LogP contribution in [0.1, 0.15) is 65.5 Å². The molecule has 0 saturated carbocycles. The van der Waals surface area contributed by atoms with Gasteiger partial charge in [0.2, 0.25) is 17.5 Å². The number of nitrogens with one attached hydrogen (secondary N) is 2. The highest BCUT2D eigenvalue weighted by Crippen LogP contribution is 2.39. The molecule has 1 aromatic heterocycles. The van der Waals surface area contributed by atoms with Gasteiger partial charge in [-0.15, -0.1) is 0 Å². The molecule has 202 valence electrons. The number of nitrogens with zero attached hydrogens (tertiary/aromatic N) is 3. The highest BCUT2D eigenvalue weighted by atomic mass is 16.5. The molecule has 2 aromatic carbocycles. The van der Waals surface area contributed by atoms with Gasteiger partial charge in [-0.2, -0.15) is 4.68 Å². The average molecular weight is 519 g/mol. The maximum absolute atomic E-state index is 13.6. The Kier molecular flexibility index (Phi) is 8.62. The molecule has 1 aliphatic heterocycles. The summed E-state index contributed by atoms with van der Waals surface area (Å²) in [6.45, 7) is 12.7. The number of carbonyl (C=O) groups excluding carboxylic acids is 2. The number of amides is 2. The zero-order chi connectivity index (χ0) is 27.3. The fraction of sp³-hybridized carbons (Fsp3) is 0.467. The van der Waals surface area contributed by atoms with E-state index in [1.165, 1.54) is 0 Å². The Morgan fingerprint density at radius 1 is 1.05 bits per heavy atom. The maximum Gasteiger partial charge on any atom is 0.257 e. The molecule has 0 spiro atoms. The van der Waals surface area contributed by atoms with Crippen molar-refractivity contribution < 1.29 is 19.0 Å². The van der Waals surface area contributed by atoms with Crippen LogP contribution in [0.15, 0.2) is 48.5 Å². The third-order valence-corrected chi connectivity index (χ3v) is 6.73. The molecule has 0 fully saturated rings. The van der Waals surface area contributed by atoms with Gasteiger partial charge in [0.05, 0.1) is 24.4 Å². The third-order valence-electron chi connectivity index (χ3n) is 6.73. The molecule has 0 unspecified atom stereocenters. The van der Waals surface area contributed by atoms with Gasteiger partial charge >= 0.3 is 0 Å². The average Bonchev–Trinajstić information content (AvgIpc) is 3.31. The summed E-state index contributed by atoms with van der Waals surface area (Å²) in [5.74, 6) is -0.236. The first-order valence-electron chi connectivity index (χ1n) is 13.5. The maximum atomic E-state index is 13.6. The Balaban J connectivity index is 1.49. The molecule has 0 bridgehead atoms. The SMILES string of the molecule is CC(C)[n+]1[nH]nc2c1-c1ccccc1N(C(=O)CCC(=O)NCCOCCC(C)(C)C)Cc1ccccc1-2. The lowest BCUT2D eigenvalue weighted by molar-refractivity contribution is -0.761. The van der Waals surface area contributed by atoms with Crippen LogP contribution in [-0.2, 0) is 20.9 Å². The molecule has 0 radical (unpaired) electrons. The van der Waals surface area contributed by atoms with Gasteiger partial charge < -0.3 is 15.0 Å². The Hall–Kier alpha value is -3.52. The second-order valence-corrected chi connectivity index (χ2v) is 11.3. The molecule has 4 rings (SSSR count). The Labute approximate surface area is 225 Å². The van der Waals surface area contributed by atoms with E-state index in [1.54, 1.807) is 4.90 Å². The van der Waals surface area contributed by atoms with Gasteiger partial charge in [-0.05, 0) is 49.4 Å². The predicted molar refractivity (Wildman–Crippen MR) is 148 cm³/mol. The molecule has 0 saturated heterocycles. The lowest BCUT2D eigenvalue weighted by Crippen LogP contribution is -2.41. The van der Waals surface area contributed by atoms with Crippen molar-refractivity contribution in [2.24, 2.45) is 5.41 Å². The van der Waals surface area contributed by atoms with Gasteiger partial charge in [-0.25, -0.2) is 0 Å². The van der Waals surface area contributed by atoms with Crippen LogP contribution in [-0.4, -0.2) is 41.9 Å². The number of anilines is 1. The third kappa shape index (κ3) is 6.48. The Morgan fingerprint density at radius 2 is 1.76 bits per heavy atom. The zero-order valence-corrected chi connectivity index (χ0v) is 23.2. The number of aromatic nitrogens is 3. The van der Waals surface area contributed by atoms with Crippen LogP contribution in [0.25, 0.3) is 22.5 Å². The number of hydrogen-bond donors (Lipinski definition) is 2. The number of ether oxygens (including phenoxy) is 1. The molecule has 1 aliphatic rings. The molecule has 2 amide bonds. The summed E-state index contributed by atoms with van der Waals surface area (Å²) in [4.78, 5) is 27.9. The van der Waals surface area contributed by atoms with E-state index in [9.17, 15) is 9.59 Å². The summed E-state index contributed by atoms with van der Waals surface area (Å²) in [6, 6.07) is 16.1. The van der Waals surface area contributed by atoms with Gasteiger partial charge in [0.1, 0.15) is 6.04 Å². The van der Waals surface area contributed by atoms with E-state index in [0.29, 0.717) is 26.3 Å². The highest BCUT2D eigenvalue weighted by Gasteiger charge is 2.34. The number of para-hydroxylation sites is 1. The van der Waals surface area contributed by atoms with E-state index in [1.807, 2.05) is 53.2 Å². The van der Waals surface area contributed by atoms with Crippen LogP contribution >= 0.6 is 0 Å². The smallest absolute Gasteiger partial charge is 0.257 e. The number of rotatable bonds is 9. The Bertz CT molecular complexity index is 1270. The molecule has 8 heteroatoms. The minimum atomic E-state index is -0.145. The topological polar surface area (TPSA) is 91.2 Å². The van der Waals surface area contributed by atoms with Crippen LogP contribution in [0, 0.1) is 5.41 Å². The van der Waals surface area contributed by atoms with Crippen molar-refractivity contribution in [1.82, 2.24) is 15.6 Å². The first kappa shape index (κ1) is 27.5. The first-order chi connectivity index (χ1) is 18.2. The largest absolute Gasteiger partial charge is 0.380 e. The summed E-state index contributed by atoms with van der Waals surface area (Å²) >= 11 is 0.